The van der Waals surface area contributed by atoms with Gasteiger partial charge in [-0.3, -0.25) is 4.79 Å². The molecule has 3 aromatic rings. The lowest BCUT2D eigenvalue weighted by Gasteiger charge is -2.05. The number of benzene rings is 1. The van der Waals surface area contributed by atoms with E-state index in [4.69, 9.17) is 4.74 Å². The number of ether oxygens (including phenoxy) is 1. The van der Waals surface area contributed by atoms with E-state index in [1.807, 2.05) is 31.2 Å². The first kappa shape index (κ1) is 17.7. The van der Waals surface area contributed by atoms with Crippen molar-refractivity contribution in [2.75, 3.05) is 11.9 Å². The summed E-state index contributed by atoms with van der Waals surface area (Å²) in [5.74, 6) is -0.378. The number of tetrazole rings is 1. The number of carbonyl (C=O) groups is 2. The number of amides is 1. The minimum Gasteiger partial charge on any atom is -0.462 e. The molecule has 0 bridgehead atoms. The Bertz CT molecular complexity index is 917. The highest BCUT2D eigenvalue weighted by molar-refractivity contribution is 7.14. The summed E-state index contributed by atoms with van der Waals surface area (Å²) in [6.07, 6.45) is 0. The molecule has 1 N–H and O–H groups in total. The molecule has 2 heterocycles. The average molecular weight is 371 g/mol. The number of thiophene rings is 1. The predicted octanol–water partition coefficient (Wildman–Crippen LogP) is 2.53. The molecule has 0 unspecified atom stereocenters. The monoisotopic (exact) mass is 371 g/mol. The summed E-state index contributed by atoms with van der Waals surface area (Å²) in [4.78, 5) is 25.3. The molecule has 134 valence electrons. The summed E-state index contributed by atoms with van der Waals surface area (Å²) in [5, 5.41) is 16.9. The van der Waals surface area contributed by atoms with Crippen molar-refractivity contribution in [3.63, 3.8) is 0 Å². The second-order valence-electron chi connectivity index (χ2n) is 5.44. The number of carbonyl (C=O) groups excluding carboxylic acids is 2. The molecule has 0 aliphatic rings. The Kier molecular flexibility index (Phi) is 5.37. The fourth-order valence-corrected chi connectivity index (χ4v) is 2.99. The van der Waals surface area contributed by atoms with Crippen LogP contribution >= 0.6 is 11.3 Å². The Balaban J connectivity index is 1.65. The van der Waals surface area contributed by atoms with E-state index < -0.39 is 5.97 Å². The summed E-state index contributed by atoms with van der Waals surface area (Å²) in [7, 11) is 0. The first-order valence-corrected chi connectivity index (χ1v) is 8.84. The molecule has 1 amide bonds. The van der Waals surface area contributed by atoms with Crippen LogP contribution in [0.2, 0.25) is 0 Å². The lowest BCUT2D eigenvalue weighted by Crippen LogP contribution is -2.21. The number of hydrogen-bond donors (Lipinski definition) is 1. The zero-order chi connectivity index (χ0) is 18.5. The summed E-state index contributed by atoms with van der Waals surface area (Å²) < 4.78 is 4.96. The first-order chi connectivity index (χ1) is 12.6. The Labute approximate surface area is 153 Å². The van der Waals surface area contributed by atoms with Gasteiger partial charge in [-0.1, -0.05) is 29.8 Å². The lowest BCUT2D eigenvalue weighted by atomic mass is 10.1. The molecular formula is C17H17N5O3S. The third-order valence-electron chi connectivity index (χ3n) is 3.46. The van der Waals surface area contributed by atoms with Gasteiger partial charge in [-0.15, -0.1) is 21.5 Å². The Morgan fingerprint density at radius 1 is 1.23 bits per heavy atom. The van der Waals surface area contributed by atoms with Crippen molar-refractivity contribution in [2.24, 2.45) is 0 Å². The smallest absolute Gasteiger partial charge is 0.341 e. The highest BCUT2D eigenvalue weighted by Crippen LogP contribution is 2.24. The maximum Gasteiger partial charge on any atom is 0.341 e. The van der Waals surface area contributed by atoms with Gasteiger partial charge in [-0.2, -0.15) is 4.80 Å². The highest BCUT2D eigenvalue weighted by Gasteiger charge is 2.17. The van der Waals surface area contributed by atoms with E-state index in [2.05, 4.69) is 20.7 Å². The normalized spacial score (nSPS) is 10.5. The molecule has 0 saturated heterocycles. The predicted molar refractivity (Wildman–Crippen MR) is 96.9 cm³/mol. The summed E-state index contributed by atoms with van der Waals surface area (Å²) in [6.45, 7) is 3.88. The minimum absolute atomic E-state index is 0.112. The molecule has 0 saturated carbocycles. The molecule has 2 aromatic heterocycles. The average Bonchev–Trinajstić information content (AvgIpc) is 3.25. The van der Waals surface area contributed by atoms with Crippen LogP contribution < -0.4 is 5.32 Å². The van der Waals surface area contributed by atoms with Gasteiger partial charge in [-0.25, -0.2) is 4.79 Å². The van der Waals surface area contributed by atoms with Gasteiger partial charge in [0.2, 0.25) is 11.7 Å². The standard InChI is InChI=1S/C17H17N5O3S/c1-3-25-17(24)13-8-9-26-16(13)18-14(23)10-22-20-15(19-21-22)12-6-4-11(2)5-7-12/h4-9H,3,10H2,1-2H3,(H,18,23). The van der Waals surface area contributed by atoms with Gasteiger partial charge in [0.05, 0.1) is 12.2 Å². The maximum atomic E-state index is 12.2. The SMILES string of the molecule is CCOC(=O)c1ccsc1NC(=O)Cn1nnc(-c2ccc(C)cc2)n1. The van der Waals surface area contributed by atoms with Crippen LogP contribution in [0.25, 0.3) is 11.4 Å². The van der Waals surface area contributed by atoms with Crippen molar-refractivity contribution in [3.8, 4) is 11.4 Å². The van der Waals surface area contributed by atoms with Crippen LogP contribution in [-0.4, -0.2) is 38.7 Å². The van der Waals surface area contributed by atoms with Crippen molar-refractivity contribution in [1.29, 1.82) is 0 Å². The van der Waals surface area contributed by atoms with Crippen molar-refractivity contribution < 1.29 is 14.3 Å². The third kappa shape index (κ3) is 4.12. The van der Waals surface area contributed by atoms with E-state index in [1.165, 1.54) is 16.1 Å². The van der Waals surface area contributed by atoms with Crippen LogP contribution in [0.15, 0.2) is 35.7 Å². The first-order valence-electron chi connectivity index (χ1n) is 7.96. The van der Waals surface area contributed by atoms with E-state index in [0.29, 0.717) is 16.4 Å². The zero-order valence-corrected chi connectivity index (χ0v) is 15.1. The second-order valence-corrected chi connectivity index (χ2v) is 6.36. The Morgan fingerprint density at radius 2 is 2.00 bits per heavy atom. The molecule has 3 rings (SSSR count). The molecule has 0 fully saturated rings. The van der Waals surface area contributed by atoms with Gasteiger partial charge in [0.1, 0.15) is 11.5 Å². The summed E-state index contributed by atoms with van der Waals surface area (Å²) >= 11 is 1.25. The van der Waals surface area contributed by atoms with E-state index in [1.54, 1.807) is 18.4 Å². The zero-order valence-electron chi connectivity index (χ0n) is 14.3. The fourth-order valence-electron chi connectivity index (χ4n) is 2.20. The maximum absolute atomic E-state index is 12.2. The van der Waals surface area contributed by atoms with Crippen molar-refractivity contribution >= 4 is 28.2 Å². The molecular weight excluding hydrogens is 354 g/mol. The number of hydrogen-bond acceptors (Lipinski definition) is 7. The van der Waals surface area contributed by atoms with Gasteiger partial charge in [-0.05, 0) is 30.5 Å². The van der Waals surface area contributed by atoms with E-state index in [9.17, 15) is 9.59 Å². The number of nitrogens with one attached hydrogen (secondary N) is 1. The number of esters is 1. The molecule has 9 heteroatoms. The van der Waals surface area contributed by atoms with Crippen LogP contribution in [0.4, 0.5) is 5.00 Å². The van der Waals surface area contributed by atoms with Crippen LogP contribution in [0.1, 0.15) is 22.8 Å². The molecule has 0 aliphatic carbocycles. The van der Waals surface area contributed by atoms with E-state index in [-0.39, 0.29) is 19.1 Å². The topological polar surface area (TPSA) is 99.0 Å². The fraction of sp³-hybridized carbons (Fsp3) is 0.235. The second kappa shape index (κ2) is 7.87. The third-order valence-corrected chi connectivity index (χ3v) is 4.29. The quantitative estimate of drug-likeness (QED) is 0.669. The van der Waals surface area contributed by atoms with Crippen LogP contribution in [0.5, 0.6) is 0 Å². The summed E-state index contributed by atoms with van der Waals surface area (Å²) in [5.41, 5.74) is 2.29. The molecule has 26 heavy (non-hydrogen) atoms. The van der Waals surface area contributed by atoms with Crippen molar-refractivity contribution in [1.82, 2.24) is 20.2 Å². The van der Waals surface area contributed by atoms with Gasteiger partial charge in [0, 0.05) is 5.56 Å². The number of anilines is 1. The number of rotatable bonds is 6. The number of aryl methyl sites for hydroxylation is 1. The van der Waals surface area contributed by atoms with Gasteiger partial charge >= 0.3 is 5.97 Å². The molecule has 1 aromatic carbocycles. The summed E-state index contributed by atoms with van der Waals surface area (Å²) in [6, 6.07) is 9.32. The van der Waals surface area contributed by atoms with Crippen molar-refractivity contribution in [2.45, 2.75) is 20.4 Å². The van der Waals surface area contributed by atoms with Crippen LogP contribution in [-0.2, 0) is 16.1 Å². The number of nitrogens with zero attached hydrogens (tertiary/aromatic N) is 4. The van der Waals surface area contributed by atoms with Gasteiger partial charge in [0.25, 0.3) is 0 Å². The molecule has 0 spiro atoms. The van der Waals surface area contributed by atoms with Crippen LogP contribution in [0, 0.1) is 6.92 Å². The van der Waals surface area contributed by atoms with E-state index in [0.717, 1.165) is 11.1 Å². The van der Waals surface area contributed by atoms with Crippen LogP contribution in [0.3, 0.4) is 0 Å². The van der Waals surface area contributed by atoms with Gasteiger partial charge < -0.3 is 10.1 Å². The molecule has 0 radical (unpaired) electrons. The lowest BCUT2D eigenvalue weighted by molar-refractivity contribution is -0.117. The highest BCUT2D eigenvalue weighted by atomic mass is 32.1. The largest absolute Gasteiger partial charge is 0.462 e. The minimum atomic E-state index is -0.468. The molecule has 0 atom stereocenters. The Hall–Kier alpha value is -3.07. The van der Waals surface area contributed by atoms with Crippen molar-refractivity contribution in [3.05, 3.63) is 46.8 Å². The number of aromatic nitrogens is 4. The Morgan fingerprint density at radius 3 is 2.73 bits per heavy atom. The molecule has 0 aliphatic heterocycles. The van der Waals surface area contributed by atoms with E-state index >= 15 is 0 Å². The van der Waals surface area contributed by atoms with Gasteiger partial charge in [0.15, 0.2) is 0 Å². The molecule has 8 nitrogen and oxygen atoms in total.